The Hall–Kier alpha value is -3.64. The smallest absolute Gasteiger partial charge is 0.353 e. The van der Waals surface area contributed by atoms with Gasteiger partial charge in [-0.1, -0.05) is 0 Å². The van der Waals surface area contributed by atoms with Gasteiger partial charge in [-0.25, -0.2) is 14.6 Å². The van der Waals surface area contributed by atoms with Gasteiger partial charge in [-0.2, -0.15) is 13.2 Å². The summed E-state index contributed by atoms with van der Waals surface area (Å²) in [5.74, 6) is -0.0331. The van der Waals surface area contributed by atoms with Crippen molar-refractivity contribution in [1.29, 1.82) is 0 Å². The summed E-state index contributed by atoms with van der Waals surface area (Å²) in [5.41, 5.74) is -0.580. The molecule has 0 aromatic carbocycles. The van der Waals surface area contributed by atoms with Crippen molar-refractivity contribution in [3.05, 3.63) is 42.6 Å². The van der Waals surface area contributed by atoms with Gasteiger partial charge in [0, 0.05) is 50.2 Å². The van der Waals surface area contributed by atoms with Crippen LogP contribution in [0.1, 0.15) is 5.69 Å². The summed E-state index contributed by atoms with van der Waals surface area (Å²) in [5, 5.41) is 10.6. The number of nitrogens with zero attached hydrogens (tertiary/aromatic N) is 9. The van der Waals surface area contributed by atoms with Crippen LogP contribution in [0.5, 0.6) is 0 Å². The molecule has 3 aromatic heterocycles. The summed E-state index contributed by atoms with van der Waals surface area (Å²) in [4.78, 5) is 27.5. The number of hydrogen-bond acceptors (Lipinski definition) is 8. The quantitative estimate of drug-likeness (QED) is 0.614. The first-order chi connectivity index (χ1) is 14.4. The topological polar surface area (TPSA) is 106 Å². The Morgan fingerprint density at radius 1 is 1.07 bits per heavy atom. The monoisotopic (exact) mass is 419 g/mol. The number of rotatable bonds is 4. The number of pyridine rings is 1. The van der Waals surface area contributed by atoms with Gasteiger partial charge < -0.3 is 9.80 Å². The molecule has 30 heavy (non-hydrogen) atoms. The van der Waals surface area contributed by atoms with Crippen LogP contribution in [-0.2, 0) is 17.5 Å². The molecule has 0 N–H and O–H groups in total. The lowest BCUT2D eigenvalue weighted by molar-refractivity contribution is -0.141. The average molecular weight is 419 g/mol. The molecule has 10 nitrogen and oxygen atoms in total. The van der Waals surface area contributed by atoms with Crippen molar-refractivity contribution >= 4 is 11.7 Å². The number of amides is 1. The molecule has 1 aliphatic rings. The lowest BCUT2D eigenvalue weighted by atomic mass is 10.2. The molecule has 0 saturated carbocycles. The van der Waals surface area contributed by atoms with Crippen molar-refractivity contribution < 1.29 is 18.0 Å². The minimum absolute atomic E-state index is 0.00488. The highest BCUT2D eigenvalue weighted by molar-refractivity contribution is 5.76. The Labute approximate surface area is 168 Å². The molecule has 0 spiro atoms. The molecule has 1 amide bonds. The molecule has 0 radical (unpaired) electrons. The van der Waals surface area contributed by atoms with Crippen molar-refractivity contribution in [2.75, 3.05) is 31.1 Å². The van der Waals surface area contributed by atoms with Gasteiger partial charge in [0.1, 0.15) is 18.7 Å². The highest BCUT2D eigenvalue weighted by Crippen LogP contribution is 2.31. The summed E-state index contributed by atoms with van der Waals surface area (Å²) in [6.45, 7) is 1.37. The summed E-state index contributed by atoms with van der Waals surface area (Å²) in [7, 11) is 0. The zero-order chi connectivity index (χ0) is 21.1. The van der Waals surface area contributed by atoms with E-state index in [9.17, 15) is 18.0 Å². The summed E-state index contributed by atoms with van der Waals surface area (Å²) < 4.78 is 41.5. The van der Waals surface area contributed by atoms with Gasteiger partial charge >= 0.3 is 6.18 Å². The number of piperazine rings is 1. The molecule has 0 unspecified atom stereocenters. The molecule has 1 fully saturated rings. The summed E-state index contributed by atoms with van der Waals surface area (Å²) in [6, 6.07) is 4.03. The van der Waals surface area contributed by atoms with Gasteiger partial charge in [0.05, 0.1) is 0 Å². The Balaban J connectivity index is 1.52. The normalized spacial score (nSPS) is 14.8. The number of alkyl halides is 3. The molecule has 13 heteroatoms. The Bertz CT molecular complexity index is 1000. The molecule has 0 atom stereocenters. The third kappa shape index (κ3) is 4.34. The maximum absolute atomic E-state index is 13.4. The van der Waals surface area contributed by atoms with Crippen LogP contribution in [0.2, 0.25) is 0 Å². The van der Waals surface area contributed by atoms with E-state index in [4.69, 9.17) is 0 Å². The van der Waals surface area contributed by atoms with E-state index in [0.717, 1.165) is 6.07 Å². The van der Waals surface area contributed by atoms with E-state index >= 15 is 0 Å². The Morgan fingerprint density at radius 3 is 2.43 bits per heavy atom. The number of tetrazole rings is 1. The van der Waals surface area contributed by atoms with Gasteiger partial charge in [-0.15, -0.1) is 5.10 Å². The van der Waals surface area contributed by atoms with Crippen LogP contribution in [0, 0.1) is 0 Å². The second-order valence-corrected chi connectivity index (χ2v) is 6.54. The van der Waals surface area contributed by atoms with Crippen molar-refractivity contribution in [2.24, 2.45) is 0 Å². The van der Waals surface area contributed by atoms with Crippen molar-refractivity contribution in [3.8, 4) is 11.4 Å². The second kappa shape index (κ2) is 8.00. The first kappa shape index (κ1) is 19.7. The fraction of sp³-hybridized carbons (Fsp3) is 0.353. The molecule has 4 rings (SSSR count). The SMILES string of the molecule is O=C(Cn1cnnn1)N1CCN(c2cc(C(F)(F)F)nc(-c3ccncc3)n2)CC1. The van der Waals surface area contributed by atoms with Crippen LogP contribution >= 0.6 is 0 Å². The van der Waals surface area contributed by atoms with E-state index in [-0.39, 0.29) is 24.1 Å². The molecule has 1 aliphatic heterocycles. The third-order valence-corrected chi connectivity index (χ3v) is 4.59. The van der Waals surface area contributed by atoms with Crippen LogP contribution in [0.25, 0.3) is 11.4 Å². The van der Waals surface area contributed by atoms with E-state index in [1.807, 2.05) is 0 Å². The highest BCUT2D eigenvalue weighted by Gasteiger charge is 2.35. The number of carbonyl (C=O) groups excluding carboxylic acids is 1. The van der Waals surface area contributed by atoms with E-state index < -0.39 is 11.9 Å². The minimum atomic E-state index is -4.61. The first-order valence-corrected chi connectivity index (χ1v) is 9.00. The lowest BCUT2D eigenvalue weighted by Crippen LogP contribution is -2.50. The van der Waals surface area contributed by atoms with Crippen LogP contribution in [0.3, 0.4) is 0 Å². The largest absolute Gasteiger partial charge is 0.433 e. The van der Waals surface area contributed by atoms with E-state index in [1.165, 1.54) is 23.4 Å². The number of aromatic nitrogens is 7. The van der Waals surface area contributed by atoms with Crippen molar-refractivity contribution in [2.45, 2.75) is 12.7 Å². The molecule has 0 bridgehead atoms. The summed E-state index contributed by atoms with van der Waals surface area (Å²) in [6.07, 6.45) is -0.335. The maximum Gasteiger partial charge on any atom is 0.433 e. The number of hydrogen-bond donors (Lipinski definition) is 0. The molecular formula is C17H16F3N9O. The maximum atomic E-state index is 13.4. The average Bonchev–Trinajstić information content (AvgIpc) is 3.26. The molecule has 3 aromatic rings. The van der Waals surface area contributed by atoms with Gasteiger partial charge in [-0.3, -0.25) is 9.78 Å². The second-order valence-electron chi connectivity index (χ2n) is 6.54. The zero-order valence-electron chi connectivity index (χ0n) is 15.6. The van der Waals surface area contributed by atoms with Crippen molar-refractivity contribution in [1.82, 2.24) is 40.1 Å². The van der Waals surface area contributed by atoms with E-state index in [0.29, 0.717) is 31.7 Å². The van der Waals surface area contributed by atoms with Crippen LogP contribution in [0.15, 0.2) is 36.9 Å². The third-order valence-electron chi connectivity index (χ3n) is 4.59. The number of anilines is 1. The number of halogens is 3. The summed E-state index contributed by atoms with van der Waals surface area (Å²) >= 11 is 0. The Morgan fingerprint density at radius 2 is 1.80 bits per heavy atom. The predicted octanol–water partition coefficient (Wildman–Crippen LogP) is 0.893. The molecule has 4 heterocycles. The van der Waals surface area contributed by atoms with Crippen LogP contribution in [0.4, 0.5) is 19.0 Å². The van der Waals surface area contributed by atoms with Crippen LogP contribution in [-0.4, -0.2) is 72.1 Å². The number of carbonyl (C=O) groups is 1. The Kier molecular flexibility index (Phi) is 5.25. The lowest BCUT2D eigenvalue weighted by Gasteiger charge is -2.35. The molecule has 0 aliphatic carbocycles. The van der Waals surface area contributed by atoms with Gasteiger partial charge in [0.2, 0.25) is 5.91 Å². The molecule has 156 valence electrons. The predicted molar refractivity (Wildman–Crippen MR) is 96.9 cm³/mol. The van der Waals surface area contributed by atoms with Crippen LogP contribution < -0.4 is 4.90 Å². The van der Waals surface area contributed by atoms with Gasteiger partial charge in [0.15, 0.2) is 11.5 Å². The fourth-order valence-electron chi connectivity index (χ4n) is 3.05. The zero-order valence-corrected chi connectivity index (χ0v) is 15.6. The minimum Gasteiger partial charge on any atom is -0.353 e. The van der Waals surface area contributed by atoms with Gasteiger partial charge in [0.25, 0.3) is 0 Å². The van der Waals surface area contributed by atoms with E-state index in [1.54, 1.807) is 21.9 Å². The van der Waals surface area contributed by atoms with Gasteiger partial charge in [-0.05, 0) is 22.6 Å². The molecule has 1 saturated heterocycles. The molecular weight excluding hydrogens is 403 g/mol. The van der Waals surface area contributed by atoms with E-state index in [2.05, 4.69) is 30.5 Å². The van der Waals surface area contributed by atoms with Crippen molar-refractivity contribution in [3.63, 3.8) is 0 Å². The standard InChI is InChI=1S/C17H16F3N9O/c18-17(19,20)13-9-14(24-16(23-13)12-1-3-21-4-2-12)27-5-7-28(8-6-27)15(30)10-29-11-22-25-26-29/h1-4,9,11H,5-8,10H2. The highest BCUT2D eigenvalue weighted by atomic mass is 19.4. The first-order valence-electron chi connectivity index (χ1n) is 9.00. The fourth-order valence-corrected chi connectivity index (χ4v) is 3.05.